The lowest BCUT2D eigenvalue weighted by atomic mass is 9.78. The van der Waals surface area contributed by atoms with Gasteiger partial charge in [-0.3, -0.25) is 15.2 Å². The minimum atomic E-state index is -0.374. The van der Waals surface area contributed by atoms with Crippen molar-refractivity contribution in [3.8, 4) is 0 Å². The summed E-state index contributed by atoms with van der Waals surface area (Å²) in [7, 11) is 0. The highest BCUT2D eigenvalue weighted by Crippen LogP contribution is 2.37. The number of nitrogens with zero attached hydrogens (tertiary/aromatic N) is 2. The zero-order valence-electron chi connectivity index (χ0n) is 17.9. The van der Waals surface area contributed by atoms with E-state index in [1.54, 1.807) is 18.0 Å². The molecule has 1 amide bonds. The largest absolute Gasteiger partial charge is 0.444 e. The number of para-hydroxylation sites is 1. The first-order chi connectivity index (χ1) is 15.8. The second kappa shape index (κ2) is 9.76. The molecule has 4 heterocycles. The van der Waals surface area contributed by atoms with E-state index >= 15 is 0 Å². The second-order valence-electron chi connectivity index (χ2n) is 8.41. The van der Waals surface area contributed by atoms with E-state index in [1.807, 2.05) is 54.7 Å². The molecule has 2 bridgehead atoms. The molecule has 0 spiro atoms. The molecule has 2 atom stereocenters. The van der Waals surface area contributed by atoms with Crippen molar-refractivity contribution in [3.63, 3.8) is 0 Å². The van der Waals surface area contributed by atoms with Crippen molar-refractivity contribution < 1.29 is 9.53 Å². The molecule has 2 aromatic carbocycles. The third kappa shape index (κ3) is 4.81. The monoisotopic (exact) mass is 445 g/mol. The highest BCUT2D eigenvalue weighted by atomic mass is 32.2. The van der Waals surface area contributed by atoms with Gasteiger partial charge in [0.2, 0.25) is 0 Å². The molecule has 3 aliphatic heterocycles. The maximum atomic E-state index is 13.0. The number of anilines is 1. The van der Waals surface area contributed by atoms with Gasteiger partial charge in [-0.15, -0.1) is 0 Å². The third-order valence-corrected chi connectivity index (χ3v) is 7.48. The lowest BCUT2D eigenvalue weighted by Crippen LogP contribution is -2.60. The van der Waals surface area contributed by atoms with Crippen LogP contribution in [0, 0.1) is 5.92 Å². The van der Waals surface area contributed by atoms with Gasteiger partial charge in [-0.1, -0.05) is 48.2 Å². The summed E-state index contributed by atoms with van der Waals surface area (Å²) in [6.45, 7) is 2.15. The van der Waals surface area contributed by atoms with Crippen LogP contribution in [-0.4, -0.2) is 41.2 Å². The van der Waals surface area contributed by atoms with Gasteiger partial charge in [-0.25, -0.2) is 4.79 Å². The summed E-state index contributed by atoms with van der Waals surface area (Å²) in [4.78, 5) is 21.8. The fourth-order valence-electron chi connectivity index (χ4n) is 4.82. The van der Waals surface area contributed by atoms with E-state index in [9.17, 15) is 4.79 Å². The Hall–Kier alpha value is -2.83. The van der Waals surface area contributed by atoms with E-state index in [-0.39, 0.29) is 18.2 Å². The number of nitrogens with one attached hydrogen (secondary N) is 1. The van der Waals surface area contributed by atoms with Crippen molar-refractivity contribution in [1.29, 1.82) is 0 Å². The van der Waals surface area contributed by atoms with Crippen molar-refractivity contribution in [2.24, 2.45) is 5.92 Å². The minimum Gasteiger partial charge on any atom is -0.444 e. The van der Waals surface area contributed by atoms with Crippen molar-refractivity contribution in [1.82, 2.24) is 9.88 Å². The van der Waals surface area contributed by atoms with E-state index < -0.39 is 0 Å². The molecule has 0 saturated carbocycles. The first-order valence-electron chi connectivity index (χ1n) is 11.2. The average molecular weight is 446 g/mol. The third-order valence-electron chi connectivity index (χ3n) is 6.39. The van der Waals surface area contributed by atoms with Gasteiger partial charge in [0.25, 0.3) is 0 Å². The Morgan fingerprint density at radius 1 is 1.03 bits per heavy atom. The summed E-state index contributed by atoms with van der Waals surface area (Å²) in [5.41, 5.74) is 1.96. The number of ether oxygens (including phenoxy) is 1. The van der Waals surface area contributed by atoms with Gasteiger partial charge < -0.3 is 4.74 Å². The molecule has 164 valence electrons. The van der Waals surface area contributed by atoms with Gasteiger partial charge in [0, 0.05) is 28.1 Å². The predicted molar refractivity (Wildman–Crippen MR) is 127 cm³/mol. The van der Waals surface area contributed by atoms with E-state index in [0.29, 0.717) is 5.92 Å². The Balaban J connectivity index is 1.29. The lowest BCUT2D eigenvalue weighted by molar-refractivity contribution is -0.0741. The minimum absolute atomic E-state index is 0.105. The van der Waals surface area contributed by atoms with E-state index in [4.69, 9.17) is 4.74 Å². The van der Waals surface area contributed by atoms with Crippen LogP contribution in [0.3, 0.4) is 0 Å². The predicted octanol–water partition coefficient (Wildman–Crippen LogP) is 5.49. The molecule has 1 aromatic heterocycles. The molecule has 3 fully saturated rings. The zero-order valence-corrected chi connectivity index (χ0v) is 18.7. The number of fused-ring (bicyclic) bond motifs is 3. The van der Waals surface area contributed by atoms with Crippen LogP contribution in [-0.2, 0) is 11.2 Å². The van der Waals surface area contributed by atoms with Crippen LogP contribution in [0.1, 0.15) is 18.4 Å². The van der Waals surface area contributed by atoms with Gasteiger partial charge in [-0.2, -0.15) is 0 Å². The SMILES string of the molecule is O=C(Nc1ccccc1Sc1ccccc1)O[C@@H]1C2CCN(CC2)[C@@H]1Cc1cccnc1. The molecular weight excluding hydrogens is 418 g/mol. The van der Waals surface area contributed by atoms with Gasteiger partial charge >= 0.3 is 6.09 Å². The molecule has 3 saturated heterocycles. The number of hydrogen-bond donors (Lipinski definition) is 1. The van der Waals surface area contributed by atoms with Crippen LogP contribution in [0.5, 0.6) is 0 Å². The van der Waals surface area contributed by atoms with Crippen LogP contribution in [0.2, 0.25) is 0 Å². The van der Waals surface area contributed by atoms with Crippen molar-refractivity contribution in [2.45, 2.75) is 41.2 Å². The van der Waals surface area contributed by atoms with Crippen molar-refractivity contribution in [2.75, 3.05) is 18.4 Å². The first-order valence-corrected chi connectivity index (χ1v) is 12.0. The molecule has 1 N–H and O–H groups in total. The Labute approximate surface area is 193 Å². The Morgan fingerprint density at radius 2 is 1.81 bits per heavy atom. The molecular formula is C26H27N3O2S. The number of benzene rings is 2. The van der Waals surface area contributed by atoms with E-state index in [0.717, 1.165) is 47.8 Å². The van der Waals surface area contributed by atoms with Crippen LogP contribution in [0.15, 0.2) is 88.9 Å². The molecule has 0 radical (unpaired) electrons. The van der Waals surface area contributed by atoms with Gasteiger partial charge in [0.05, 0.1) is 11.7 Å². The van der Waals surface area contributed by atoms with Crippen molar-refractivity contribution in [3.05, 3.63) is 84.7 Å². The van der Waals surface area contributed by atoms with Gasteiger partial charge in [0.15, 0.2) is 0 Å². The fourth-order valence-corrected chi connectivity index (χ4v) is 5.74. The number of pyridine rings is 1. The highest BCUT2D eigenvalue weighted by Gasteiger charge is 2.44. The van der Waals surface area contributed by atoms with E-state index in [1.165, 1.54) is 5.56 Å². The van der Waals surface area contributed by atoms with Crippen LogP contribution < -0.4 is 5.32 Å². The fraction of sp³-hybridized carbons (Fsp3) is 0.308. The Bertz CT molecular complexity index is 1040. The standard InChI is InChI=1S/C26H27N3O2S/c30-26(28-22-10-4-5-11-24(22)32-21-8-2-1-3-9-21)31-25-20-12-15-29(16-13-20)23(25)17-19-7-6-14-27-18-19/h1-11,14,18,20,23,25H,12-13,15-17H2,(H,28,30)/t23-,25-/m1/s1. The summed E-state index contributed by atoms with van der Waals surface area (Å²) < 4.78 is 6.10. The van der Waals surface area contributed by atoms with Crippen LogP contribution in [0.25, 0.3) is 0 Å². The second-order valence-corrected chi connectivity index (χ2v) is 9.53. The highest BCUT2D eigenvalue weighted by molar-refractivity contribution is 7.99. The van der Waals surface area contributed by atoms with Gasteiger partial charge in [0.1, 0.15) is 6.10 Å². The number of hydrogen-bond acceptors (Lipinski definition) is 5. The van der Waals surface area contributed by atoms with Crippen LogP contribution >= 0.6 is 11.8 Å². The normalized spacial score (nSPS) is 24.1. The number of carbonyl (C=O) groups is 1. The number of aromatic nitrogens is 1. The molecule has 6 heteroatoms. The number of rotatable bonds is 6. The summed E-state index contributed by atoms with van der Waals surface area (Å²) in [5, 5.41) is 3.01. The quantitative estimate of drug-likeness (QED) is 0.544. The smallest absolute Gasteiger partial charge is 0.411 e. The maximum absolute atomic E-state index is 13.0. The van der Waals surface area contributed by atoms with Crippen LogP contribution in [0.4, 0.5) is 10.5 Å². The molecule has 0 unspecified atom stereocenters. The summed E-state index contributed by atoms with van der Waals surface area (Å²) >= 11 is 1.63. The topological polar surface area (TPSA) is 54.5 Å². The molecule has 5 nitrogen and oxygen atoms in total. The molecule has 3 aliphatic rings. The number of carbonyl (C=O) groups excluding carboxylic acids is 1. The lowest BCUT2D eigenvalue weighted by Gasteiger charge is -2.50. The first kappa shape index (κ1) is 21.0. The Kier molecular flexibility index (Phi) is 6.41. The molecule has 3 aromatic rings. The summed E-state index contributed by atoms with van der Waals surface area (Å²) in [6, 6.07) is 22.3. The Morgan fingerprint density at radius 3 is 2.59 bits per heavy atom. The summed E-state index contributed by atoms with van der Waals surface area (Å²) in [5.74, 6) is 0.418. The summed E-state index contributed by atoms with van der Waals surface area (Å²) in [6.07, 6.45) is 6.25. The zero-order chi connectivity index (χ0) is 21.8. The van der Waals surface area contributed by atoms with Crippen molar-refractivity contribution >= 4 is 23.5 Å². The average Bonchev–Trinajstić information content (AvgIpc) is 2.84. The van der Waals surface area contributed by atoms with Gasteiger partial charge in [-0.05, 0) is 68.2 Å². The molecule has 0 aliphatic carbocycles. The van der Waals surface area contributed by atoms with E-state index in [2.05, 4.69) is 33.4 Å². The number of piperidine rings is 3. The maximum Gasteiger partial charge on any atom is 0.411 e. The molecule has 32 heavy (non-hydrogen) atoms. The molecule has 6 rings (SSSR count). The number of amides is 1.